The lowest BCUT2D eigenvalue weighted by molar-refractivity contribution is -0.120. The number of anilines is 2. The van der Waals surface area contributed by atoms with Gasteiger partial charge in [-0.3, -0.25) is 9.78 Å². The van der Waals surface area contributed by atoms with Crippen molar-refractivity contribution in [2.24, 2.45) is 0 Å². The first-order valence-corrected chi connectivity index (χ1v) is 7.68. The molecule has 1 N–H and O–H groups in total. The molecule has 1 fully saturated rings. The average molecular weight is 315 g/mol. The highest BCUT2D eigenvalue weighted by atomic mass is 19.1. The van der Waals surface area contributed by atoms with Crippen molar-refractivity contribution in [3.8, 4) is 0 Å². The Kier molecular flexibility index (Phi) is 4.45. The number of hydrogen-bond donors (Lipinski definition) is 1. The van der Waals surface area contributed by atoms with Crippen LogP contribution in [0.4, 0.5) is 15.9 Å². The van der Waals surface area contributed by atoms with E-state index in [1.807, 2.05) is 13.0 Å². The maximum atomic E-state index is 14.3. The molecule has 23 heavy (non-hydrogen) atoms. The van der Waals surface area contributed by atoms with E-state index in [2.05, 4.69) is 20.3 Å². The van der Waals surface area contributed by atoms with Gasteiger partial charge in [-0.05, 0) is 31.4 Å². The molecule has 1 amide bonds. The van der Waals surface area contributed by atoms with Gasteiger partial charge in [0.1, 0.15) is 12.4 Å². The maximum Gasteiger partial charge on any atom is 0.249 e. The summed E-state index contributed by atoms with van der Waals surface area (Å²) in [5, 5.41) is 2.94. The van der Waals surface area contributed by atoms with E-state index in [9.17, 15) is 9.18 Å². The second kappa shape index (κ2) is 6.68. The van der Waals surface area contributed by atoms with Crippen LogP contribution in [0.1, 0.15) is 25.5 Å². The molecule has 7 heteroatoms. The molecule has 2 aromatic rings. The van der Waals surface area contributed by atoms with E-state index >= 15 is 0 Å². The van der Waals surface area contributed by atoms with Gasteiger partial charge in [0.05, 0.1) is 17.6 Å². The average Bonchev–Trinajstić information content (AvgIpc) is 2.59. The fourth-order valence-corrected chi connectivity index (χ4v) is 2.70. The van der Waals surface area contributed by atoms with Gasteiger partial charge in [0.2, 0.25) is 5.91 Å². The van der Waals surface area contributed by atoms with E-state index in [1.165, 1.54) is 6.33 Å². The van der Waals surface area contributed by atoms with Gasteiger partial charge in [-0.25, -0.2) is 14.4 Å². The van der Waals surface area contributed by atoms with Crippen LogP contribution in [0, 0.1) is 5.82 Å². The molecule has 0 saturated carbocycles. The molecule has 0 aromatic carbocycles. The molecular weight excluding hydrogens is 297 g/mol. The molecule has 1 aliphatic heterocycles. The SMILES string of the molecule is CCc1ncnc(N[C@H]2CCCN(c3cccnc3)C2=O)c1F. The standard InChI is InChI=1S/C16H18FN5O/c1-2-12-14(17)15(20-10-19-12)21-13-6-4-8-22(16(13)23)11-5-3-7-18-9-11/h3,5,7,9-10,13H,2,4,6,8H2,1H3,(H,19,20,21)/t13-/m0/s1. The van der Waals surface area contributed by atoms with Crippen LogP contribution in [0.3, 0.4) is 0 Å². The van der Waals surface area contributed by atoms with Crippen molar-refractivity contribution in [2.75, 3.05) is 16.8 Å². The van der Waals surface area contributed by atoms with E-state index in [0.717, 1.165) is 12.1 Å². The van der Waals surface area contributed by atoms with Crippen molar-refractivity contribution in [3.05, 3.63) is 42.4 Å². The highest BCUT2D eigenvalue weighted by Crippen LogP contribution is 2.23. The lowest BCUT2D eigenvalue weighted by atomic mass is 10.0. The van der Waals surface area contributed by atoms with Crippen LogP contribution in [-0.4, -0.2) is 33.4 Å². The Morgan fingerprint density at radius 2 is 2.30 bits per heavy atom. The van der Waals surface area contributed by atoms with Crippen LogP contribution in [0.25, 0.3) is 0 Å². The Morgan fingerprint density at radius 1 is 1.43 bits per heavy atom. The third-order valence-electron chi connectivity index (χ3n) is 3.90. The van der Waals surface area contributed by atoms with Crippen LogP contribution in [0.5, 0.6) is 0 Å². The molecule has 0 unspecified atom stereocenters. The Bertz CT molecular complexity index is 694. The van der Waals surface area contributed by atoms with Gasteiger partial charge in [-0.2, -0.15) is 0 Å². The summed E-state index contributed by atoms with van der Waals surface area (Å²) in [5.41, 5.74) is 1.09. The van der Waals surface area contributed by atoms with Crippen molar-refractivity contribution in [2.45, 2.75) is 32.2 Å². The zero-order valence-corrected chi connectivity index (χ0v) is 12.9. The summed E-state index contributed by atoms with van der Waals surface area (Å²) in [7, 11) is 0. The fourth-order valence-electron chi connectivity index (χ4n) is 2.70. The van der Waals surface area contributed by atoms with Crippen LogP contribution < -0.4 is 10.2 Å². The lowest BCUT2D eigenvalue weighted by Gasteiger charge is -2.32. The molecule has 3 heterocycles. The second-order valence-corrected chi connectivity index (χ2v) is 5.38. The van der Waals surface area contributed by atoms with Gasteiger partial charge in [-0.15, -0.1) is 0 Å². The molecule has 2 aromatic heterocycles. The first-order chi connectivity index (χ1) is 11.2. The van der Waals surface area contributed by atoms with Crippen LogP contribution in [0.2, 0.25) is 0 Å². The summed E-state index contributed by atoms with van der Waals surface area (Å²) < 4.78 is 14.3. The first-order valence-electron chi connectivity index (χ1n) is 7.68. The summed E-state index contributed by atoms with van der Waals surface area (Å²) in [4.78, 5) is 26.2. The van der Waals surface area contributed by atoms with E-state index in [1.54, 1.807) is 23.4 Å². The number of aromatic nitrogens is 3. The van der Waals surface area contributed by atoms with E-state index in [4.69, 9.17) is 0 Å². The Balaban J connectivity index is 1.80. The number of pyridine rings is 1. The minimum atomic E-state index is -0.502. The summed E-state index contributed by atoms with van der Waals surface area (Å²) in [6.45, 7) is 2.46. The Morgan fingerprint density at radius 3 is 3.04 bits per heavy atom. The van der Waals surface area contributed by atoms with Crippen molar-refractivity contribution >= 4 is 17.4 Å². The van der Waals surface area contributed by atoms with Gasteiger partial charge in [0.15, 0.2) is 11.6 Å². The zero-order chi connectivity index (χ0) is 16.2. The van der Waals surface area contributed by atoms with E-state index < -0.39 is 11.9 Å². The highest BCUT2D eigenvalue weighted by Gasteiger charge is 2.30. The molecule has 1 atom stereocenters. The van der Waals surface area contributed by atoms with Gasteiger partial charge in [0, 0.05) is 12.7 Å². The minimum absolute atomic E-state index is 0.0863. The van der Waals surface area contributed by atoms with Gasteiger partial charge in [-0.1, -0.05) is 6.92 Å². The smallest absolute Gasteiger partial charge is 0.249 e. The Labute approximate surface area is 133 Å². The van der Waals surface area contributed by atoms with Crippen molar-refractivity contribution in [1.82, 2.24) is 15.0 Å². The Hall–Kier alpha value is -2.57. The van der Waals surface area contributed by atoms with E-state index in [-0.39, 0.29) is 11.7 Å². The zero-order valence-electron chi connectivity index (χ0n) is 12.9. The van der Waals surface area contributed by atoms with Gasteiger partial charge < -0.3 is 10.2 Å². The number of hydrogen-bond acceptors (Lipinski definition) is 5. The summed E-state index contributed by atoms with van der Waals surface area (Å²) in [5.74, 6) is -0.496. The topological polar surface area (TPSA) is 71.0 Å². The van der Waals surface area contributed by atoms with Gasteiger partial charge in [0.25, 0.3) is 0 Å². The number of aryl methyl sites for hydroxylation is 1. The van der Waals surface area contributed by atoms with Crippen molar-refractivity contribution < 1.29 is 9.18 Å². The monoisotopic (exact) mass is 315 g/mol. The number of halogens is 1. The van der Waals surface area contributed by atoms with Crippen molar-refractivity contribution in [3.63, 3.8) is 0 Å². The number of amides is 1. The number of nitrogens with zero attached hydrogens (tertiary/aromatic N) is 4. The van der Waals surface area contributed by atoms with Gasteiger partial charge >= 0.3 is 0 Å². The molecule has 1 aliphatic rings. The molecule has 0 spiro atoms. The first kappa shape index (κ1) is 15.3. The quantitative estimate of drug-likeness (QED) is 0.936. The summed E-state index contributed by atoms with van der Waals surface area (Å²) in [6.07, 6.45) is 6.57. The molecule has 0 bridgehead atoms. The molecule has 6 nitrogen and oxygen atoms in total. The number of carbonyl (C=O) groups excluding carboxylic acids is 1. The maximum absolute atomic E-state index is 14.3. The molecule has 0 aliphatic carbocycles. The third-order valence-corrected chi connectivity index (χ3v) is 3.90. The number of carbonyl (C=O) groups is 1. The number of piperidine rings is 1. The van der Waals surface area contributed by atoms with Crippen LogP contribution in [-0.2, 0) is 11.2 Å². The van der Waals surface area contributed by atoms with Crippen LogP contribution in [0.15, 0.2) is 30.9 Å². The molecular formula is C16H18FN5O. The lowest BCUT2D eigenvalue weighted by Crippen LogP contribution is -2.48. The highest BCUT2D eigenvalue weighted by molar-refractivity contribution is 5.99. The molecule has 120 valence electrons. The second-order valence-electron chi connectivity index (χ2n) is 5.38. The molecule has 0 radical (unpaired) electrons. The molecule has 3 rings (SSSR count). The molecule has 1 saturated heterocycles. The third kappa shape index (κ3) is 3.13. The van der Waals surface area contributed by atoms with Crippen molar-refractivity contribution in [1.29, 1.82) is 0 Å². The predicted octanol–water partition coefficient (Wildman–Crippen LogP) is 2.18. The van der Waals surface area contributed by atoms with Crippen LogP contribution >= 0.6 is 0 Å². The largest absolute Gasteiger partial charge is 0.356 e. The summed E-state index contributed by atoms with van der Waals surface area (Å²) in [6, 6.07) is 3.13. The minimum Gasteiger partial charge on any atom is -0.356 e. The number of nitrogens with one attached hydrogen (secondary N) is 1. The van der Waals surface area contributed by atoms with E-state index in [0.29, 0.717) is 25.1 Å². The normalized spacial score (nSPS) is 18.1. The number of rotatable bonds is 4. The fraction of sp³-hybridized carbons (Fsp3) is 0.375. The summed E-state index contributed by atoms with van der Waals surface area (Å²) >= 11 is 0. The predicted molar refractivity (Wildman–Crippen MR) is 84.6 cm³/mol.